The number of allylic oxidation sites excluding steroid dienone is 2. The molecule has 34 heavy (non-hydrogen) atoms. The normalized spacial score (nSPS) is 14.3. The minimum Gasteiger partial charge on any atom is -0.497 e. The van der Waals surface area contributed by atoms with Crippen molar-refractivity contribution in [3.05, 3.63) is 58.0 Å². The maximum atomic E-state index is 13.0. The maximum Gasteiger partial charge on any atom is 0.336 e. The highest BCUT2D eigenvalue weighted by Gasteiger charge is 2.41. The van der Waals surface area contributed by atoms with Gasteiger partial charge < -0.3 is 24.3 Å². The van der Waals surface area contributed by atoms with E-state index in [9.17, 15) is 9.59 Å². The standard InChI is InChI=1S/C24H25N3O6S/c1-12-17(22(28)32-5)19(18(13(2)25-12)23(29)33-6)21-20(26-24-27(21)7-8-34-24)14-9-15(30-3)11-16(10-14)31-4/h7-11,19,25H,1-6H3. The van der Waals surface area contributed by atoms with Crippen LogP contribution in [-0.4, -0.2) is 49.8 Å². The number of methoxy groups -OCH3 is 4. The number of carbonyl (C=O) groups excluding carboxylic acids is 2. The number of esters is 2. The SMILES string of the molecule is COC(=O)C1=C(C)NC(C)=C(C(=O)OC)C1c1c(-c2cc(OC)cc(OC)c2)nc2sccn12. The minimum absolute atomic E-state index is 0.303. The quantitative estimate of drug-likeness (QED) is 0.530. The number of carbonyl (C=O) groups is 2. The molecule has 1 aliphatic heterocycles. The number of hydrogen-bond acceptors (Lipinski definition) is 9. The molecule has 0 bridgehead atoms. The number of dihydropyridines is 1. The van der Waals surface area contributed by atoms with Crippen molar-refractivity contribution in [1.29, 1.82) is 0 Å². The highest BCUT2D eigenvalue weighted by molar-refractivity contribution is 7.15. The molecule has 1 N–H and O–H groups in total. The first-order valence-electron chi connectivity index (χ1n) is 10.4. The monoisotopic (exact) mass is 483 g/mol. The fraction of sp³-hybridized carbons (Fsp3) is 0.292. The van der Waals surface area contributed by atoms with Gasteiger partial charge in [-0.05, 0) is 26.0 Å². The van der Waals surface area contributed by atoms with Crippen molar-refractivity contribution in [1.82, 2.24) is 14.7 Å². The number of rotatable bonds is 6. The van der Waals surface area contributed by atoms with Gasteiger partial charge in [-0.2, -0.15) is 0 Å². The van der Waals surface area contributed by atoms with E-state index in [0.29, 0.717) is 56.0 Å². The Morgan fingerprint density at radius 3 is 2.00 bits per heavy atom. The predicted molar refractivity (Wildman–Crippen MR) is 127 cm³/mol. The highest BCUT2D eigenvalue weighted by Crippen LogP contribution is 2.44. The van der Waals surface area contributed by atoms with Crippen LogP contribution in [-0.2, 0) is 19.1 Å². The topological polar surface area (TPSA) is 100 Å². The zero-order valence-electron chi connectivity index (χ0n) is 19.7. The van der Waals surface area contributed by atoms with E-state index in [2.05, 4.69) is 5.32 Å². The van der Waals surface area contributed by atoms with Gasteiger partial charge in [-0.15, -0.1) is 11.3 Å². The molecule has 0 unspecified atom stereocenters. The number of imidazole rings is 1. The Morgan fingerprint density at radius 1 is 0.941 bits per heavy atom. The lowest BCUT2D eigenvalue weighted by atomic mass is 9.81. The summed E-state index contributed by atoms with van der Waals surface area (Å²) in [6, 6.07) is 5.44. The molecule has 0 amide bonds. The number of nitrogens with one attached hydrogen (secondary N) is 1. The van der Waals surface area contributed by atoms with Crippen LogP contribution in [0.2, 0.25) is 0 Å². The third kappa shape index (κ3) is 3.79. The second kappa shape index (κ2) is 9.22. The zero-order valence-corrected chi connectivity index (χ0v) is 20.5. The highest BCUT2D eigenvalue weighted by atomic mass is 32.1. The molecule has 0 saturated heterocycles. The summed E-state index contributed by atoms with van der Waals surface area (Å²) in [5, 5.41) is 5.02. The fourth-order valence-electron chi connectivity index (χ4n) is 4.26. The smallest absolute Gasteiger partial charge is 0.336 e. The molecule has 0 atom stereocenters. The Hall–Kier alpha value is -3.79. The molecule has 10 heteroatoms. The first-order valence-corrected chi connectivity index (χ1v) is 11.3. The number of benzene rings is 1. The summed E-state index contributed by atoms with van der Waals surface area (Å²) in [7, 11) is 5.77. The largest absolute Gasteiger partial charge is 0.497 e. The predicted octanol–water partition coefficient (Wildman–Crippen LogP) is 3.66. The molecule has 1 aliphatic rings. The van der Waals surface area contributed by atoms with E-state index in [4.69, 9.17) is 23.9 Å². The second-order valence-corrected chi connectivity index (χ2v) is 8.49. The van der Waals surface area contributed by atoms with Gasteiger partial charge in [0.2, 0.25) is 0 Å². The van der Waals surface area contributed by atoms with E-state index in [0.717, 1.165) is 0 Å². The first kappa shape index (κ1) is 23.4. The van der Waals surface area contributed by atoms with E-state index in [1.807, 2.05) is 28.1 Å². The van der Waals surface area contributed by atoms with Gasteiger partial charge in [-0.25, -0.2) is 14.6 Å². The maximum absolute atomic E-state index is 13.0. The van der Waals surface area contributed by atoms with Crippen LogP contribution in [0.4, 0.5) is 0 Å². The molecule has 0 aliphatic carbocycles. The number of fused-ring (bicyclic) bond motifs is 1. The Kier molecular flexibility index (Phi) is 6.34. The van der Waals surface area contributed by atoms with Gasteiger partial charge in [-0.1, -0.05) is 0 Å². The average molecular weight is 484 g/mol. The van der Waals surface area contributed by atoms with Crippen LogP contribution in [0.3, 0.4) is 0 Å². The molecule has 9 nitrogen and oxygen atoms in total. The number of thiazole rings is 1. The Labute approximate surface area is 200 Å². The summed E-state index contributed by atoms with van der Waals surface area (Å²) >= 11 is 1.44. The number of ether oxygens (including phenoxy) is 4. The van der Waals surface area contributed by atoms with Crippen LogP contribution >= 0.6 is 11.3 Å². The van der Waals surface area contributed by atoms with Gasteiger partial charge in [0.1, 0.15) is 11.5 Å². The van der Waals surface area contributed by atoms with E-state index < -0.39 is 17.9 Å². The molecule has 1 aromatic carbocycles. The van der Waals surface area contributed by atoms with Crippen LogP contribution in [0.5, 0.6) is 11.5 Å². The first-order chi connectivity index (χ1) is 16.3. The van der Waals surface area contributed by atoms with Gasteiger partial charge in [0.05, 0.1) is 56.9 Å². The van der Waals surface area contributed by atoms with E-state index >= 15 is 0 Å². The summed E-state index contributed by atoms with van der Waals surface area (Å²) < 4.78 is 23.0. The van der Waals surface area contributed by atoms with Crippen LogP contribution < -0.4 is 14.8 Å². The van der Waals surface area contributed by atoms with E-state index in [1.54, 1.807) is 34.1 Å². The second-order valence-electron chi connectivity index (χ2n) is 7.62. The molecule has 4 rings (SSSR count). The number of aromatic nitrogens is 2. The molecule has 0 spiro atoms. The summed E-state index contributed by atoms with van der Waals surface area (Å²) in [6.07, 6.45) is 1.86. The lowest BCUT2D eigenvalue weighted by molar-refractivity contribution is -0.137. The van der Waals surface area contributed by atoms with Crippen LogP contribution in [0.25, 0.3) is 16.2 Å². The van der Waals surface area contributed by atoms with Crippen LogP contribution in [0.15, 0.2) is 52.3 Å². The minimum atomic E-state index is -0.794. The van der Waals surface area contributed by atoms with Crippen molar-refractivity contribution in [2.45, 2.75) is 19.8 Å². The van der Waals surface area contributed by atoms with E-state index in [-0.39, 0.29) is 0 Å². The van der Waals surface area contributed by atoms with Gasteiger partial charge in [0, 0.05) is 34.6 Å². The van der Waals surface area contributed by atoms with E-state index in [1.165, 1.54) is 25.6 Å². The van der Waals surface area contributed by atoms with Gasteiger partial charge in [0.15, 0.2) is 4.96 Å². The molecule has 0 radical (unpaired) electrons. The summed E-state index contributed by atoms with van der Waals surface area (Å²) in [5.74, 6) is -0.729. The lowest BCUT2D eigenvalue weighted by Crippen LogP contribution is -2.32. The van der Waals surface area contributed by atoms with Crippen LogP contribution in [0.1, 0.15) is 25.5 Å². The fourth-order valence-corrected chi connectivity index (χ4v) is 4.99. The molecule has 178 valence electrons. The van der Waals surface area contributed by atoms with Gasteiger partial charge in [0.25, 0.3) is 0 Å². The van der Waals surface area contributed by atoms with Crippen molar-refractivity contribution in [2.24, 2.45) is 0 Å². The van der Waals surface area contributed by atoms with Gasteiger partial charge >= 0.3 is 11.9 Å². The Balaban J connectivity index is 2.08. The molecular weight excluding hydrogens is 458 g/mol. The average Bonchev–Trinajstić information content (AvgIpc) is 3.43. The molecular formula is C24H25N3O6S. The third-order valence-electron chi connectivity index (χ3n) is 5.77. The van der Waals surface area contributed by atoms with Crippen molar-refractivity contribution < 1.29 is 28.5 Å². The van der Waals surface area contributed by atoms with Crippen molar-refractivity contribution in [3.8, 4) is 22.8 Å². The number of nitrogens with zero attached hydrogens (tertiary/aromatic N) is 2. The Morgan fingerprint density at radius 2 is 1.50 bits per heavy atom. The third-order valence-corrected chi connectivity index (χ3v) is 6.52. The van der Waals surface area contributed by atoms with Crippen molar-refractivity contribution >= 4 is 28.2 Å². The summed E-state index contributed by atoms with van der Waals surface area (Å²) in [6.45, 7) is 3.55. The molecule has 3 heterocycles. The molecule has 2 aromatic heterocycles. The van der Waals surface area contributed by atoms with Crippen molar-refractivity contribution in [3.63, 3.8) is 0 Å². The van der Waals surface area contributed by atoms with Gasteiger partial charge in [-0.3, -0.25) is 4.40 Å². The molecule has 0 saturated carbocycles. The lowest BCUT2D eigenvalue weighted by Gasteiger charge is -2.30. The number of hydrogen-bond donors (Lipinski definition) is 1. The zero-order chi connectivity index (χ0) is 24.6. The molecule has 0 fully saturated rings. The van der Waals surface area contributed by atoms with Crippen LogP contribution in [0, 0.1) is 0 Å². The summed E-state index contributed by atoms with van der Waals surface area (Å²) in [4.78, 5) is 31.6. The van der Waals surface area contributed by atoms with Crippen molar-refractivity contribution in [2.75, 3.05) is 28.4 Å². The summed E-state index contributed by atoms with van der Waals surface area (Å²) in [5.41, 5.74) is 3.70. The molecule has 3 aromatic rings. The Bertz CT molecular complexity index is 1290.